The molecule has 16 heavy (non-hydrogen) atoms. The van der Waals surface area contributed by atoms with E-state index >= 15 is 0 Å². The largest absolute Gasteiger partial charge is 0.294 e. The Balaban J connectivity index is 2.21. The molecule has 1 aromatic carbocycles. The van der Waals surface area contributed by atoms with E-state index in [2.05, 4.69) is 0 Å². The van der Waals surface area contributed by atoms with Gasteiger partial charge in [-0.05, 0) is 42.5 Å². The van der Waals surface area contributed by atoms with Crippen molar-refractivity contribution >= 4 is 16.6 Å². The molecule has 0 bridgehead atoms. The van der Waals surface area contributed by atoms with Crippen LogP contribution in [0.2, 0.25) is 0 Å². The molecule has 3 heteroatoms. The highest BCUT2D eigenvalue weighted by Gasteiger charge is 2.30. The molecule has 84 valence electrons. The highest BCUT2D eigenvalue weighted by Crippen LogP contribution is 2.32. The van der Waals surface area contributed by atoms with E-state index < -0.39 is 10.8 Å². The Bertz CT molecular complexity index is 505. The summed E-state index contributed by atoms with van der Waals surface area (Å²) in [5.41, 5.74) is 3.31. The molecule has 0 fully saturated rings. The second-order valence-corrected chi connectivity index (χ2v) is 6.55. The number of Topliss-reactive ketones (excluding diaryl/α,β-unsaturated/α-hetero) is 1. The number of rotatable bonds is 0. The standard InChI is InChI=1S/C13H14O2S/c1-8-5-12(14)11-6-9-3-2-4-10(9)7-13(11)16(8)15/h6-8H,2-5H2,1H3. The highest BCUT2D eigenvalue weighted by molar-refractivity contribution is 7.86. The highest BCUT2D eigenvalue weighted by atomic mass is 32.2. The molecule has 0 radical (unpaired) electrons. The molecular formula is C13H14O2S. The van der Waals surface area contributed by atoms with Gasteiger partial charge in [-0.1, -0.05) is 6.92 Å². The fourth-order valence-electron chi connectivity index (χ4n) is 2.65. The molecule has 2 atom stereocenters. The predicted molar refractivity (Wildman–Crippen MR) is 63.3 cm³/mol. The first-order chi connectivity index (χ1) is 7.66. The monoisotopic (exact) mass is 234 g/mol. The molecule has 0 saturated carbocycles. The zero-order chi connectivity index (χ0) is 11.3. The summed E-state index contributed by atoms with van der Waals surface area (Å²) in [6.45, 7) is 1.89. The summed E-state index contributed by atoms with van der Waals surface area (Å²) in [5, 5.41) is -0.0283. The molecule has 1 aromatic rings. The topological polar surface area (TPSA) is 34.1 Å². The number of ketones is 1. The third-order valence-corrected chi connectivity index (χ3v) is 5.22. The summed E-state index contributed by atoms with van der Waals surface area (Å²) in [4.78, 5) is 12.7. The molecule has 0 amide bonds. The van der Waals surface area contributed by atoms with Crippen molar-refractivity contribution in [3.05, 3.63) is 28.8 Å². The van der Waals surface area contributed by atoms with E-state index in [9.17, 15) is 9.00 Å². The van der Waals surface area contributed by atoms with E-state index in [1.54, 1.807) is 0 Å². The average Bonchev–Trinajstić information content (AvgIpc) is 2.71. The minimum atomic E-state index is -0.994. The molecule has 1 aliphatic heterocycles. The fraction of sp³-hybridized carbons (Fsp3) is 0.462. The van der Waals surface area contributed by atoms with Crippen molar-refractivity contribution in [1.29, 1.82) is 0 Å². The van der Waals surface area contributed by atoms with Crippen molar-refractivity contribution in [3.63, 3.8) is 0 Å². The zero-order valence-electron chi connectivity index (χ0n) is 9.29. The van der Waals surface area contributed by atoms with Crippen molar-refractivity contribution in [2.24, 2.45) is 0 Å². The van der Waals surface area contributed by atoms with Crippen LogP contribution in [0.3, 0.4) is 0 Å². The van der Waals surface area contributed by atoms with Gasteiger partial charge in [-0.3, -0.25) is 9.00 Å². The molecule has 1 heterocycles. The van der Waals surface area contributed by atoms with E-state index in [1.165, 1.54) is 11.1 Å². The van der Waals surface area contributed by atoms with Crippen molar-refractivity contribution in [3.8, 4) is 0 Å². The van der Waals surface area contributed by atoms with Gasteiger partial charge in [0, 0.05) is 17.2 Å². The number of aryl methyl sites for hydroxylation is 2. The fourth-order valence-corrected chi connectivity index (χ4v) is 4.03. The Morgan fingerprint density at radius 2 is 1.94 bits per heavy atom. The Kier molecular flexibility index (Phi) is 2.25. The van der Waals surface area contributed by atoms with Crippen LogP contribution in [0.4, 0.5) is 0 Å². The first-order valence-electron chi connectivity index (χ1n) is 5.76. The second kappa shape index (κ2) is 3.52. The smallest absolute Gasteiger partial charge is 0.165 e. The van der Waals surface area contributed by atoms with E-state index in [1.807, 2.05) is 19.1 Å². The minimum Gasteiger partial charge on any atom is -0.294 e. The van der Waals surface area contributed by atoms with Crippen molar-refractivity contribution in [2.45, 2.75) is 42.8 Å². The van der Waals surface area contributed by atoms with Gasteiger partial charge < -0.3 is 0 Å². The first-order valence-corrected chi connectivity index (χ1v) is 6.97. The molecule has 1 aliphatic carbocycles. The lowest BCUT2D eigenvalue weighted by molar-refractivity contribution is 0.0977. The predicted octanol–water partition coefficient (Wildman–Crippen LogP) is 2.26. The lowest BCUT2D eigenvalue weighted by atomic mass is 10.0. The van der Waals surface area contributed by atoms with Crippen LogP contribution in [-0.2, 0) is 23.6 Å². The van der Waals surface area contributed by atoms with Crippen LogP contribution < -0.4 is 0 Å². The normalized spacial score (nSPS) is 27.7. The molecule has 2 nitrogen and oxygen atoms in total. The molecular weight excluding hydrogens is 220 g/mol. The third-order valence-electron chi connectivity index (χ3n) is 3.55. The number of benzene rings is 1. The van der Waals surface area contributed by atoms with Gasteiger partial charge in [-0.25, -0.2) is 0 Å². The van der Waals surface area contributed by atoms with Crippen LogP contribution in [0.1, 0.15) is 41.3 Å². The number of carbonyl (C=O) groups excluding carboxylic acids is 1. The van der Waals surface area contributed by atoms with Gasteiger partial charge >= 0.3 is 0 Å². The number of carbonyl (C=O) groups is 1. The van der Waals surface area contributed by atoms with E-state index in [-0.39, 0.29) is 11.0 Å². The Morgan fingerprint density at radius 1 is 1.25 bits per heavy atom. The third kappa shape index (κ3) is 1.38. The van der Waals surface area contributed by atoms with Gasteiger partial charge in [0.1, 0.15) is 0 Å². The maximum absolute atomic E-state index is 12.1. The zero-order valence-corrected chi connectivity index (χ0v) is 10.1. The summed E-state index contributed by atoms with van der Waals surface area (Å²) in [6, 6.07) is 4.01. The van der Waals surface area contributed by atoms with Crippen LogP contribution in [0.15, 0.2) is 17.0 Å². The maximum Gasteiger partial charge on any atom is 0.165 e. The lowest BCUT2D eigenvalue weighted by Crippen LogP contribution is -2.24. The Labute approximate surface area is 97.5 Å². The van der Waals surface area contributed by atoms with Crippen LogP contribution in [0.5, 0.6) is 0 Å². The maximum atomic E-state index is 12.1. The summed E-state index contributed by atoms with van der Waals surface area (Å²) in [7, 11) is -0.994. The number of hydrogen-bond acceptors (Lipinski definition) is 2. The van der Waals surface area contributed by atoms with Crippen LogP contribution >= 0.6 is 0 Å². The van der Waals surface area contributed by atoms with Gasteiger partial charge in [0.25, 0.3) is 0 Å². The van der Waals surface area contributed by atoms with Crippen molar-refractivity contribution in [1.82, 2.24) is 0 Å². The Hall–Kier alpha value is -0.960. The van der Waals surface area contributed by atoms with Gasteiger partial charge in [0.2, 0.25) is 0 Å². The summed E-state index contributed by atoms with van der Waals surface area (Å²) in [5.74, 6) is 0.164. The molecule has 0 N–H and O–H groups in total. The molecule has 0 saturated heterocycles. The van der Waals surface area contributed by atoms with Gasteiger partial charge in [-0.2, -0.15) is 0 Å². The lowest BCUT2D eigenvalue weighted by Gasteiger charge is -2.21. The molecule has 2 aliphatic rings. The summed E-state index contributed by atoms with van der Waals surface area (Å²) in [6.07, 6.45) is 3.73. The van der Waals surface area contributed by atoms with Crippen LogP contribution in [0, 0.1) is 0 Å². The molecule has 0 spiro atoms. The summed E-state index contributed by atoms with van der Waals surface area (Å²) >= 11 is 0. The van der Waals surface area contributed by atoms with Crippen LogP contribution in [0.25, 0.3) is 0 Å². The minimum absolute atomic E-state index is 0.0283. The van der Waals surface area contributed by atoms with E-state index in [0.717, 1.165) is 29.7 Å². The van der Waals surface area contributed by atoms with Gasteiger partial charge in [-0.15, -0.1) is 0 Å². The van der Waals surface area contributed by atoms with Gasteiger partial charge in [0.15, 0.2) is 5.78 Å². The molecule has 3 rings (SSSR count). The molecule has 0 aromatic heterocycles. The van der Waals surface area contributed by atoms with Crippen molar-refractivity contribution in [2.75, 3.05) is 0 Å². The Morgan fingerprint density at radius 3 is 2.69 bits per heavy atom. The van der Waals surface area contributed by atoms with E-state index in [4.69, 9.17) is 0 Å². The number of hydrogen-bond donors (Lipinski definition) is 0. The SMILES string of the molecule is CC1CC(=O)c2cc3c(cc2S1=O)CCC3. The van der Waals surface area contributed by atoms with Crippen molar-refractivity contribution < 1.29 is 9.00 Å². The van der Waals surface area contributed by atoms with E-state index in [0.29, 0.717) is 6.42 Å². The van der Waals surface area contributed by atoms with Crippen LogP contribution in [-0.4, -0.2) is 15.2 Å². The second-order valence-electron chi connectivity index (χ2n) is 4.71. The first kappa shape index (κ1) is 10.2. The number of fused-ring (bicyclic) bond motifs is 2. The molecule has 2 unspecified atom stereocenters. The summed E-state index contributed by atoms with van der Waals surface area (Å²) < 4.78 is 12.1. The van der Waals surface area contributed by atoms with Gasteiger partial charge in [0.05, 0.1) is 15.7 Å². The quantitative estimate of drug-likeness (QED) is 0.690. The average molecular weight is 234 g/mol.